The Morgan fingerprint density at radius 3 is 1.75 bits per heavy atom. The molecule has 4 amide bonds. The predicted octanol–water partition coefficient (Wildman–Crippen LogP) is 1.29. The second-order valence-electron chi connectivity index (χ2n) is 7.06. The van der Waals surface area contributed by atoms with Gasteiger partial charge < -0.3 is 10.6 Å². The molecule has 12 nitrogen and oxygen atoms in total. The monoisotopic (exact) mass is 390 g/mol. The number of amides is 4. The van der Waals surface area contributed by atoms with Gasteiger partial charge in [0.1, 0.15) is 11.6 Å². The molecule has 6 N–H and O–H groups in total. The number of anilines is 2. The number of H-pyrrole nitrogens is 2. The van der Waals surface area contributed by atoms with Gasteiger partial charge in [0, 0.05) is 13.1 Å². The number of aromatic amines is 2. The van der Waals surface area contributed by atoms with Crippen LogP contribution in [0, 0.1) is 25.7 Å². The van der Waals surface area contributed by atoms with Crippen molar-refractivity contribution in [3.8, 4) is 0 Å². The van der Waals surface area contributed by atoms with Crippen molar-refractivity contribution in [3.05, 3.63) is 11.6 Å². The fourth-order valence-corrected chi connectivity index (χ4v) is 3.34. The largest absolute Gasteiger partial charge is 0.338 e. The molecule has 2 unspecified atom stereocenters. The summed E-state index contributed by atoms with van der Waals surface area (Å²) in [7, 11) is 0. The van der Waals surface area contributed by atoms with Crippen molar-refractivity contribution in [2.24, 2.45) is 11.8 Å². The molecule has 3 rings (SSSR count). The molecule has 12 heteroatoms. The Morgan fingerprint density at radius 1 is 0.893 bits per heavy atom. The normalized spacial score (nSPS) is 19.1. The van der Waals surface area contributed by atoms with E-state index in [2.05, 4.69) is 51.6 Å². The molecule has 2 aromatic rings. The molecule has 0 aliphatic heterocycles. The van der Waals surface area contributed by atoms with Crippen molar-refractivity contribution < 1.29 is 9.59 Å². The number of aromatic nitrogens is 6. The second-order valence-corrected chi connectivity index (χ2v) is 7.06. The molecule has 2 aromatic heterocycles. The molecule has 2 atom stereocenters. The van der Waals surface area contributed by atoms with E-state index < -0.39 is 0 Å². The van der Waals surface area contributed by atoms with Gasteiger partial charge in [0.2, 0.25) is 11.9 Å². The lowest BCUT2D eigenvalue weighted by Gasteiger charge is -2.29. The first-order valence-electron chi connectivity index (χ1n) is 9.35. The van der Waals surface area contributed by atoms with Crippen LogP contribution < -0.4 is 21.3 Å². The molecule has 0 saturated heterocycles. The van der Waals surface area contributed by atoms with Gasteiger partial charge in [-0.25, -0.2) is 9.59 Å². The number of nitrogens with zero attached hydrogens (tertiary/aromatic N) is 4. The van der Waals surface area contributed by atoms with Gasteiger partial charge in [-0.15, -0.1) is 10.2 Å². The van der Waals surface area contributed by atoms with Gasteiger partial charge in [0.15, 0.2) is 0 Å². The van der Waals surface area contributed by atoms with E-state index in [1.807, 2.05) is 0 Å². The number of urea groups is 2. The molecule has 1 saturated carbocycles. The summed E-state index contributed by atoms with van der Waals surface area (Å²) < 4.78 is 0. The maximum absolute atomic E-state index is 11.9. The minimum Gasteiger partial charge on any atom is -0.338 e. The molecule has 1 aliphatic carbocycles. The maximum Gasteiger partial charge on any atom is 0.321 e. The molecule has 2 heterocycles. The van der Waals surface area contributed by atoms with Crippen LogP contribution in [0.5, 0.6) is 0 Å². The number of carbonyl (C=O) groups excluding carboxylic acids is 2. The highest BCUT2D eigenvalue weighted by atomic mass is 16.2. The Bertz CT molecular complexity index is 737. The zero-order valence-electron chi connectivity index (χ0n) is 16.0. The SMILES string of the molecule is Cc1nc(NC(=O)NCC2CCCC(CNC(=O)Nc3n[nH]c(C)n3)C2)n[nH]1. The summed E-state index contributed by atoms with van der Waals surface area (Å²) in [5.41, 5.74) is 0. The van der Waals surface area contributed by atoms with Gasteiger partial charge in [0.25, 0.3) is 0 Å². The number of nitrogens with one attached hydrogen (secondary N) is 6. The van der Waals surface area contributed by atoms with Gasteiger partial charge in [-0.1, -0.05) is 6.42 Å². The van der Waals surface area contributed by atoms with Gasteiger partial charge in [-0.2, -0.15) is 9.97 Å². The molecule has 28 heavy (non-hydrogen) atoms. The Morgan fingerprint density at radius 2 is 1.36 bits per heavy atom. The highest BCUT2D eigenvalue weighted by Gasteiger charge is 2.23. The van der Waals surface area contributed by atoms with Crippen LogP contribution in [0.4, 0.5) is 21.5 Å². The van der Waals surface area contributed by atoms with Crippen molar-refractivity contribution >= 4 is 24.0 Å². The maximum atomic E-state index is 11.9. The number of hydrogen-bond donors (Lipinski definition) is 6. The molecule has 0 aromatic carbocycles. The summed E-state index contributed by atoms with van der Waals surface area (Å²) in [4.78, 5) is 31.9. The first-order chi connectivity index (χ1) is 13.5. The van der Waals surface area contributed by atoms with E-state index in [4.69, 9.17) is 0 Å². The lowest BCUT2D eigenvalue weighted by Crippen LogP contribution is -2.38. The van der Waals surface area contributed by atoms with Crippen LogP contribution in [0.15, 0.2) is 0 Å². The third-order valence-electron chi connectivity index (χ3n) is 4.64. The van der Waals surface area contributed by atoms with Crippen molar-refractivity contribution in [1.29, 1.82) is 0 Å². The molecule has 1 fully saturated rings. The Hall–Kier alpha value is -3.18. The Labute approximate surface area is 162 Å². The average Bonchev–Trinajstić information content (AvgIpc) is 3.26. The van der Waals surface area contributed by atoms with E-state index in [0.717, 1.165) is 25.7 Å². The lowest BCUT2D eigenvalue weighted by atomic mass is 9.81. The molecular formula is C16H26N10O2. The zero-order valence-corrected chi connectivity index (χ0v) is 16.0. The molecule has 0 radical (unpaired) electrons. The van der Waals surface area contributed by atoms with Crippen molar-refractivity contribution in [2.45, 2.75) is 39.5 Å². The zero-order chi connectivity index (χ0) is 19.9. The molecule has 152 valence electrons. The fourth-order valence-electron chi connectivity index (χ4n) is 3.34. The number of aryl methyl sites for hydroxylation is 2. The van der Waals surface area contributed by atoms with Crippen LogP contribution in [0.2, 0.25) is 0 Å². The van der Waals surface area contributed by atoms with E-state index in [0.29, 0.717) is 36.6 Å². The molecule has 1 aliphatic rings. The quantitative estimate of drug-likeness (QED) is 0.435. The predicted molar refractivity (Wildman–Crippen MR) is 102 cm³/mol. The minimum absolute atomic E-state index is 0.258. The minimum atomic E-state index is -0.319. The fraction of sp³-hybridized carbons (Fsp3) is 0.625. The summed E-state index contributed by atoms with van der Waals surface area (Å²) in [6.45, 7) is 4.68. The highest BCUT2D eigenvalue weighted by molar-refractivity contribution is 5.87. The van der Waals surface area contributed by atoms with Gasteiger partial charge in [-0.3, -0.25) is 20.8 Å². The van der Waals surface area contributed by atoms with E-state index >= 15 is 0 Å². The number of rotatable bonds is 6. The van der Waals surface area contributed by atoms with Crippen LogP contribution in [-0.2, 0) is 0 Å². The highest BCUT2D eigenvalue weighted by Crippen LogP contribution is 2.28. The topological polar surface area (TPSA) is 165 Å². The molecular weight excluding hydrogens is 364 g/mol. The second kappa shape index (κ2) is 9.15. The first kappa shape index (κ1) is 19.6. The van der Waals surface area contributed by atoms with Gasteiger partial charge in [0.05, 0.1) is 0 Å². The van der Waals surface area contributed by atoms with Crippen LogP contribution in [0.3, 0.4) is 0 Å². The van der Waals surface area contributed by atoms with Crippen molar-refractivity contribution in [2.75, 3.05) is 23.7 Å². The number of carbonyl (C=O) groups is 2. The third-order valence-corrected chi connectivity index (χ3v) is 4.64. The van der Waals surface area contributed by atoms with Crippen LogP contribution in [0.25, 0.3) is 0 Å². The Kier molecular flexibility index (Phi) is 6.40. The van der Waals surface area contributed by atoms with Crippen LogP contribution in [0.1, 0.15) is 37.3 Å². The van der Waals surface area contributed by atoms with E-state index in [9.17, 15) is 9.59 Å². The summed E-state index contributed by atoms with van der Waals surface area (Å²) >= 11 is 0. The van der Waals surface area contributed by atoms with E-state index in [1.54, 1.807) is 13.8 Å². The first-order valence-corrected chi connectivity index (χ1v) is 9.35. The van der Waals surface area contributed by atoms with Gasteiger partial charge >= 0.3 is 12.1 Å². The summed E-state index contributed by atoms with van der Waals surface area (Å²) in [6, 6.07) is -0.638. The standard InChI is InChI=1S/C16H26N10O2/c1-9-19-13(25-23-9)21-15(27)17-7-11-4-3-5-12(6-11)8-18-16(28)22-14-20-10(2)24-26-14/h11-12H,3-8H2,1-2H3,(H3,17,19,21,23,25,27)(H3,18,20,22,24,26,28). The molecule has 0 spiro atoms. The van der Waals surface area contributed by atoms with Crippen LogP contribution >= 0.6 is 0 Å². The van der Waals surface area contributed by atoms with E-state index in [1.165, 1.54) is 0 Å². The summed E-state index contributed by atoms with van der Waals surface area (Å²) in [5, 5.41) is 24.0. The third kappa shape index (κ3) is 5.93. The smallest absolute Gasteiger partial charge is 0.321 e. The molecule has 0 bridgehead atoms. The number of hydrogen-bond acceptors (Lipinski definition) is 6. The van der Waals surface area contributed by atoms with Crippen LogP contribution in [-0.4, -0.2) is 55.5 Å². The van der Waals surface area contributed by atoms with Crippen molar-refractivity contribution in [3.63, 3.8) is 0 Å². The summed E-state index contributed by atoms with van der Waals surface area (Å²) in [5.74, 6) is 2.54. The van der Waals surface area contributed by atoms with Gasteiger partial charge in [-0.05, 0) is 44.9 Å². The average molecular weight is 390 g/mol. The summed E-state index contributed by atoms with van der Waals surface area (Å²) in [6.07, 6.45) is 4.13. The van der Waals surface area contributed by atoms with E-state index in [-0.39, 0.29) is 24.0 Å². The van der Waals surface area contributed by atoms with Crippen molar-refractivity contribution in [1.82, 2.24) is 41.0 Å². The Balaban J connectivity index is 1.35. The lowest BCUT2D eigenvalue weighted by molar-refractivity contribution is 0.230.